The maximum absolute atomic E-state index is 9.80. The lowest BCUT2D eigenvalue weighted by Gasteiger charge is -1.98. The van der Waals surface area contributed by atoms with E-state index in [0.717, 1.165) is 0 Å². The van der Waals surface area contributed by atoms with Crippen molar-refractivity contribution in [3.05, 3.63) is 29.7 Å². The normalized spacial score (nSPS) is 11.5. The van der Waals surface area contributed by atoms with Crippen LogP contribution in [0.3, 0.4) is 0 Å². The van der Waals surface area contributed by atoms with Gasteiger partial charge in [-0.1, -0.05) is 11.6 Å². The highest BCUT2D eigenvalue weighted by molar-refractivity contribution is 6.40. The number of phenols is 1. The summed E-state index contributed by atoms with van der Waals surface area (Å²) >= 11 is 6.06. The van der Waals surface area contributed by atoms with Gasteiger partial charge >= 0.3 is 0 Å². The smallest absolute Gasteiger partial charge is 0.177 e. The van der Waals surface area contributed by atoms with Crippen LogP contribution < -0.4 is 0 Å². The fourth-order valence-electron chi connectivity index (χ4n) is 1.58. The maximum atomic E-state index is 9.80. The van der Waals surface area contributed by atoms with Crippen LogP contribution >= 0.6 is 11.6 Å². The average Bonchev–Trinajstić information content (AvgIpc) is 2.82. The van der Waals surface area contributed by atoms with Gasteiger partial charge in [0.05, 0.1) is 22.9 Å². The third kappa shape index (κ3) is 0.775. The quantitative estimate of drug-likeness (QED) is 0.615. The molecular formula is C10H5ClO3. The minimum atomic E-state index is 0.0677. The van der Waals surface area contributed by atoms with Crippen LogP contribution in [0.15, 0.2) is 33.5 Å². The Balaban J connectivity index is 2.72. The number of benzene rings is 1. The van der Waals surface area contributed by atoms with Crippen LogP contribution in [0.5, 0.6) is 5.75 Å². The first-order valence-corrected chi connectivity index (χ1v) is 4.41. The van der Waals surface area contributed by atoms with Gasteiger partial charge in [-0.3, -0.25) is 0 Å². The fourth-order valence-corrected chi connectivity index (χ4v) is 1.87. The number of hydrogen-bond donors (Lipinski definition) is 1. The van der Waals surface area contributed by atoms with E-state index in [4.69, 9.17) is 20.4 Å². The molecule has 70 valence electrons. The summed E-state index contributed by atoms with van der Waals surface area (Å²) in [6.45, 7) is 0. The molecule has 1 aromatic carbocycles. The van der Waals surface area contributed by atoms with Gasteiger partial charge in [0.25, 0.3) is 0 Å². The summed E-state index contributed by atoms with van der Waals surface area (Å²) in [7, 11) is 0. The Labute approximate surface area is 83.5 Å². The molecule has 0 radical (unpaired) electrons. The van der Waals surface area contributed by atoms with E-state index >= 15 is 0 Å². The molecule has 0 fully saturated rings. The molecule has 0 unspecified atom stereocenters. The van der Waals surface area contributed by atoms with E-state index in [0.29, 0.717) is 27.0 Å². The van der Waals surface area contributed by atoms with Crippen LogP contribution in [0.2, 0.25) is 5.02 Å². The van der Waals surface area contributed by atoms with Crippen LogP contribution in [-0.2, 0) is 0 Å². The standard InChI is InChI=1S/C10H5ClO3/c11-7-5-1-3-14-10(5)8(12)6-2-4-13-9(6)7/h1-4,12H. The van der Waals surface area contributed by atoms with E-state index in [2.05, 4.69) is 0 Å². The zero-order valence-corrected chi connectivity index (χ0v) is 7.71. The van der Waals surface area contributed by atoms with Crippen molar-refractivity contribution in [2.24, 2.45) is 0 Å². The summed E-state index contributed by atoms with van der Waals surface area (Å²) in [5.74, 6) is 0.0677. The van der Waals surface area contributed by atoms with Crippen molar-refractivity contribution in [3.8, 4) is 5.75 Å². The van der Waals surface area contributed by atoms with Crippen molar-refractivity contribution in [1.82, 2.24) is 0 Å². The summed E-state index contributed by atoms with van der Waals surface area (Å²) in [5.41, 5.74) is 0.877. The van der Waals surface area contributed by atoms with E-state index in [1.54, 1.807) is 12.1 Å². The van der Waals surface area contributed by atoms with Gasteiger partial charge in [0.2, 0.25) is 0 Å². The van der Waals surface area contributed by atoms with Crippen LogP contribution in [0.25, 0.3) is 21.9 Å². The summed E-state index contributed by atoms with van der Waals surface area (Å²) < 4.78 is 10.3. The summed E-state index contributed by atoms with van der Waals surface area (Å²) in [5, 5.41) is 11.5. The molecule has 2 aromatic heterocycles. The molecule has 0 saturated carbocycles. The average molecular weight is 209 g/mol. The zero-order chi connectivity index (χ0) is 9.71. The number of aromatic hydroxyl groups is 1. The fraction of sp³-hybridized carbons (Fsp3) is 0. The molecule has 0 aliphatic carbocycles. The van der Waals surface area contributed by atoms with E-state index < -0.39 is 0 Å². The molecule has 0 atom stereocenters. The summed E-state index contributed by atoms with van der Waals surface area (Å²) in [4.78, 5) is 0. The molecule has 0 aliphatic heterocycles. The highest BCUT2D eigenvalue weighted by Gasteiger charge is 2.16. The SMILES string of the molecule is Oc1c2ccoc2c(Cl)c2ccoc12. The minimum absolute atomic E-state index is 0.0677. The molecule has 0 bridgehead atoms. The predicted octanol–water partition coefficient (Wildman–Crippen LogP) is 3.54. The lowest BCUT2D eigenvalue weighted by molar-refractivity contribution is 0.470. The Kier molecular flexibility index (Phi) is 1.36. The molecule has 3 rings (SSSR count). The van der Waals surface area contributed by atoms with Gasteiger partial charge in [-0.2, -0.15) is 0 Å². The molecule has 0 saturated heterocycles. The van der Waals surface area contributed by atoms with Crippen LogP contribution in [-0.4, -0.2) is 5.11 Å². The van der Waals surface area contributed by atoms with Gasteiger partial charge in [0, 0.05) is 5.39 Å². The first kappa shape index (κ1) is 7.76. The van der Waals surface area contributed by atoms with E-state index in [1.807, 2.05) is 0 Å². The number of furan rings is 2. The predicted molar refractivity (Wildman–Crippen MR) is 52.7 cm³/mol. The topological polar surface area (TPSA) is 46.5 Å². The molecule has 0 aliphatic rings. The van der Waals surface area contributed by atoms with Crippen molar-refractivity contribution in [3.63, 3.8) is 0 Å². The van der Waals surface area contributed by atoms with E-state index in [-0.39, 0.29) is 5.75 Å². The number of phenolic OH excluding ortho intramolecular Hbond substituents is 1. The van der Waals surface area contributed by atoms with Crippen LogP contribution in [0, 0.1) is 0 Å². The Morgan fingerprint density at radius 1 is 1.00 bits per heavy atom. The minimum Gasteiger partial charge on any atom is -0.504 e. The van der Waals surface area contributed by atoms with E-state index in [9.17, 15) is 5.11 Å². The molecule has 0 amide bonds. The van der Waals surface area contributed by atoms with Crippen molar-refractivity contribution in [2.45, 2.75) is 0 Å². The van der Waals surface area contributed by atoms with Crippen LogP contribution in [0.1, 0.15) is 0 Å². The largest absolute Gasteiger partial charge is 0.504 e. The zero-order valence-electron chi connectivity index (χ0n) is 6.95. The maximum Gasteiger partial charge on any atom is 0.177 e. The Morgan fingerprint density at radius 3 is 2.43 bits per heavy atom. The molecule has 1 N–H and O–H groups in total. The number of fused-ring (bicyclic) bond motifs is 2. The second kappa shape index (κ2) is 2.45. The summed E-state index contributed by atoms with van der Waals surface area (Å²) in [6, 6.07) is 3.35. The molecule has 4 heteroatoms. The molecule has 0 spiro atoms. The lowest BCUT2D eigenvalue weighted by Crippen LogP contribution is -1.73. The highest BCUT2D eigenvalue weighted by atomic mass is 35.5. The second-order valence-corrected chi connectivity index (χ2v) is 3.37. The Hall–Kier alpha value is -1.61. The van der Waals surface area contributed by atoms with Crippen LogP contribution in [0.4, 0.5) is 0 Å². The highest BCUT2D eigenvalue weighted by Crippen LogP contribution is 2.40. The number of rotatable bonds is 0. The van der Waals surface area contributed by atoms with Gasteiger partial charge in [-0.25, -0.2) is 0 Å². The van der Waals surface area contributed by atoms with Gasteiger partial charge in [-0.15, -0.1) is 0 Å². The monoisotopic (exact) mass is 208 g/mol. The van der Waals surface area contributed by atoms with Gasteiger partial charge in [0.15, 0.2) is 16.9 Å². The molecule has 14 heavy (non-hydrogen) atoms. The number of hydrogen-bond acceptors (Lipinski definition) is 3. The third-order valence-electron chi connectivity index (χ3n) is 2.24. The third-order valence-corrected chi connectivity index (χ3v) is 2.61. The molecule has 3 nitrogen and oxygen atoms in total. The second-order valence-electron chi connectivity index (χ2n) is 2.99. The summed E-state index contributed by atoms with van der Waals surface area (Å²) in [6.07, 6.45) is 2.96. The van der Waals surface area contributed by atoms with Crippen molar-refractivity contribution < 1.29 is 13.9 Å². The van der Waals surface area contributed by atoms with Crippen molar-refractivity contribution in [1.29, 1.82) is 0 Å². The first-order valence-electron chi connectivity index (χ1n) is 4.04. The van der Waals surface area contributed by atoms with Gasteiger partial charge < -0.3 is 13.9 Å². The molecular weight excluding hydrogens is 204 g/mol. The lowest BCUT2D eigenvalue weighted by atomic mass is 10.2. The van der Waals surface area contributed by atoms with Crippen molar-refractivity contribution >= 4 is 33.5 Å². The molecule has 3 aromatic rings. The number of halogens is 1. The van der Waals surface area contributed by atoms with Gasteiger partial charge in [-0.05, 0) is 12.1 Å². The first-order chi connectivity index (χ1) is 6.79. The Bertz CT molecular complexity index is 518. The Morgan fingerprint density at radius 2 is 1.64 bits per heavy atom. The van der Waals surface area contributed by atoms with E-state index in [1.165, 1.54) is 12.5 Å². The van der Waals surface area contributed by atoms with Crippen molar-refractivity contribution in [2.75, 3.05) is 0 Å². The molecule has 2 heterocycles. The van der Waals surface area contributed by atoms with Gasteiger partial charge in [0.1, 0.15) is 0 Å².